The fourth-order valence-corrected chi connectivity index (χ4v) is 1.75. The van der Waals surface area contributed by atoms with Crippen LogP contribution in [-0.4, -0.2) is 41.9 Å². The van der Waals surface area contributed by atoms with Crippen LogP contribution in [0, 0.1) is 12.3 Å². The molecule has 0 aromatic heterocycles. The second-order valence-corrected chi connectivity index (χ2v) is 4.58. The number of thioether (sulfide) groups is 1. The first-order valence-electron chi connectivity index (χ1n) is 4.99. The SMILES string of the molecule is C#CCC(N)C(=O)N(C)C(C)CCSC. The standard InChI is InChI=1S/C11H20N2OS/c1-5-6-10(12)11(14)13(3)9(2)7-8-15-4/h1,9-10H,6-8,12H2,2-4H3. The average Bonchev–Trinajstić information content (AvgIpc) is 2.24. The van der Waals surface area contributed by atoms with E-state index in [9.17, 15) is 4.79 Å². The van der Waals surface area contributed by atoms with Gasteiger partial charge in [-0.1, -0.05) is 0 Å². The van der Waals surface area contributed by atoms with E-state index in [2.05, 4.69) is 12.2 Å². The Morgan fingerprint density at radius 3 is 2.73 bits per heavy atom. The Morgan fingerprint density at radius 1 is 1.67 bits per heavy atom. The maximum Gasteiger partial charge on any atom is 0.240 e. The van der Waals surface area contributed by atoms with Gasteiger partial charge < -0.3 is 10.6 Å². The van der Waals surface area contributed by atoms with Crippen molar-refractivity contribution in [3.8, 4) is 12.3 Å². The molecule has 0 fully saturated rings. The molecule has 1 amide bonds. The van der Waals surface area contributed by atoms with Crippen molar-refractivity contribution in [1.82, 2.24) is 4.90 Å². The Kier molecular flexibility index (Phi) is 7.27. The molecule has 0 saturated carbocycles. The number of hydrogen-bond donors (Lipinski definition) is 1. The van der Waals surface area contributed by atoms with E-state index in [-0.39, 0.29) is 11.9 Å². The largest absolute Gasteiger partial charge is 0.342 e. The van der Waals surface area contributed by atoms with Gasteiger partial charge in [0.05, 0.1) is 6.04 Å². The van der Waals surface area contributed by atoms with Gasteiger partial charge in [-0.3, -0.25) is 4.79 Å². The number of carbonyl (C=O) groups is 1. The Labute approximate surface area is 96.8 Å². The Morgan fingerprint density at radius 2 is 2.27 bits per heavy atom. The summed E-state index contributed by atoms with van der Waals surface area (Å²) in [7, 11) is 1.78. The van der Waals surface area contributed by atoms with Crippen LogP contribution in [0.15, 0.2) is 0 Å². The van der Waals surface area contributed by atoms with Crippen LogP contribution in [0.5, 0.6) is 0 Å². The minimum atomic E-state index is -0.559. The summed E-state index contributed by atoms with van der Waals surface area (Å²) in [4.78, 5) is 13.4. The lowest BCUT2D eigenvalue weighted by Crippen LogP contribution is -2.45. The highest BCUT2D eigenvalue weighted by atomic mass is 32.2. The molecule has 4 heteroatoms. The second-order valence-electron chi connectivity index (χ2n) is 3.59. The number of rotatable bonds is 6. The van der Waals surface area contributed by atoms with E-state index in [0.717, 1.165) is 12.2 Å². The van der Waals surface area contributed by atoms with Gasteiger partial charge in [-0.05, 0) is 25.4 Å². The number of nitrogens with two attached hydrogens (primary N) is 1. The fraction of sp³-hybridized carbons (Fsp3) is 0.727. The van der Waals surface area contributed by atoms with Gasteiger partial charge in [0.1, 0.15) is 0 Å². The van der Waals surface area contributed by atoms with Crippen LogP contribution in [0.2, 0.25) is 0 Å². The summed E-state index contributed by atoms with van der Waals surface area (Å²) in [5.41, 5.74) is 5.66. The fourth-order valence-electron chi connectivity index (χ4n) is 1.18. The average molecular weight is 228 g/mol. The van der Waals surface area contributed by atoms with Crippen LogP contribution in [0.3, 0.4) is 0 Å². The Balaban J connectivity index is 4.13. The van der Waals surface area contributed by atoms with E-state index in [1.54, 1.807) is 23.7 Å². The molecular weight excluding hydrogens is 208 g/mol. The van der Waals surface area contributed by atoms with Crippen molar-refractivity contribution in [2.75, 3.05) is 19.1 Å². The van der Waals surface area contributed by atoms with E-state index in [1.807, 2.05) is 6.92 Å². The quantitative estimate of drug-likeness (QED) is 0.688. The molecule has 0 saturated heterocycles. The highest BCUT2D eigenvalue weighted by Crippen LogP contribution is 2.07. The summed E-state index contributed by atoms with van der Waals surface area (Å²) < 4.78 is 0. The van der Waals surface area contributed by atoms with Crippen molar-refractivity contribution in [3.63, 3.8) is 0 Å². The van der Waals surface area contributed by atoms with E-state index in [0.29, 0.717) is 6.42 Å². The van der Waals surface area contributed by atoms with Crippen molar-refractivity contribution in [2.24, 2.45) is 5.73 Å². The highest BCUT2D eigenvalue weighted by molar-refractivity contribution is 7.98. The molecule has 0 aliphatic carbocycles. The molecule has 2 atom stereocenters. The lowest BCUT2D eigenvalue weighted by Gasteiger charge is -2.26. The monoisotopic (exact) mass is 228 g/mol. The third-order valence-electron chi connectivity index (χ3n) is 2.40. The van der Waals surface area contributed by atoms with Gasteiger partial charge in [0.15, 0.2) is 0 Å². The van der Waals surface area contributed by atoms with Gasteiger partial charge in [-0.25, -0.2) is 0 Å². The summed E-state index contributed by atoms with van der Waals surface area (Å²) in [6.07, 6.45) is 8.46. The normalized spacial score (nSPS) is 14.1. The van der Waals surface area contributed by atoms with Crippen molar-refractivity contribution < 1.29 is 4.79 Å². The maximum absolute atomic E-state index is 11.7. The molecule has 2 unspecified atom stereocenters. The minimum Gasteiger partial charge on any atom is -0.342 e. The number of amides is 1. The lowest BCUT2D eigenvalue weighted by atomic mass is 10.1. The molecule has 0 spiro atoms. The Hall–Kier alpha value is -0.660. The predicted molar refractivity (Wildman–Crippen MR) is 66.7 cm³/mol. The summed E-state index contributed by atoms with van der Waals surface area (Å²) in [5.74, 6) is 3.39. The number of terminal acetylenes is 1. The van der Waals surface area contributed by atoms with Crippen LogP contribution >= 0.6 is 11.8 Å². The third kappa shape index (κ3) is 5.10. The number of hydrogen-bond acceptors (Lipinski definition) is 3. The second kappa shape index (κ2) is 7.61. The zero-order chi connectivity index (χ0) is 11.8. The van der Waals surface area contributed by atoms with E-state index >= 15 is 0 Å². The van der Waals surface area contributed by atoms with Crippen LogP contribution < -0.4 is 5.73 Å². The third-order valence-corrected chi connectivity index (χ3v) is 3.05. The smallest absolute Gasteiger partial charge is 0.240 e. The first kappa shape index (κ1) is 14.3. The first-order valence-corrected chi connectivity index (χ1v) is 6.38. The van der Waals surface area contributed by atoms with Crippen LogP contribution in [-0.2, 0) is 4.79 Å². The summed E-state index contributed by atoms with van der Waals surface area (Å²) in [6.45, 7) is 2.02. The summed E-state index contributed by atoms with van der Waals surface area (Å²) in [5, 5.41) is 0. The van der Waals surface area contributed by atoms with Gasteiger partial charge in [-0.2, -0.15) is 11.8 Å². The van der Waals surface area contributed by atoms with Crippen molar-refractivity contribution in [3.05, 3.63) is 0 Å². The van der Waals surface area contributed by atoms with Gasteiger partial charge in [0.25, 0.3) is 0 Å². The van der Waals surface area contributed by atoms with Crippen molar-refractivity contribution in [1.29, 1.82) is 0 Å². The molecule has 0 aromatic rings. The zero-order valence-electron chi connectivity index (χ0n) is 9.69. The number of nitrogens with zero attached hydrogens (tertiary/aromatic N) is 1. The summed E-state index contributed by atoms with van der Waals surface area (Å²) in [6, 6.07) is -0.342. The molecule has 0 aliphatic rings. The molecule has 0 bridgehead atoms. The van der Waals surface area contributed by atoms with Crippen molar-refractivity contribution >= 4 is 17.7 Å². The summed E-state index contributed by atoms with van der Waals surface area (Å²) >= 11 is 1.78. The van der Waals surface area contributed by atoms with Crippen LogP contribution in [0.4, 0.5) is 0 Å². The molecule has 0 radical (unpaired) electrons. The van der Waals surface area contributed by atoms with E-state index < -0.39 is 6.04 Å². The minimum absolute atomic E-state index is 0.0680. The molecule has 3 nitrogen and oxygen atoms in total. The lowest BCUT2D eigenvalue weighted by molar-refractivity contribution is -0.132. The van der Waals surface area contributed by atoms with Crippen LogP contribution in [0.1, 0.15) is 19.8 Å². The van der Waals surface area contributed by atoms with Crippen molar-refractivity contribution in [2.45, 2.75) is 31.8 Å². The molecular formula is C11H20N2OS. The maximum atomic E-state index is 11.7. The molecule has 15 heavy (non-hydrogen) atoms. The topological polar surface area (TPSA) is 46.3 Å². The van der Waals surface area contributed by atoms with Gasteiger partial charge in [0, 0.05) is 19.5 Å². The van der Waals surface area contributed by atoms with Crippen LogP contribution in [0.25, 0.3) is 0 Å². The molecule has 86 valence electrons. The molecule has 0 aromatic carbocycles. The van der Waals surface area contributed by atoms with Gasteiger partial charge in [0.2, 0.25) is 5.91 Å². The predicted octanol–water partition coefficient (Wildman–Crippen LogP) is 0.937. The molecule has 0 rings (SSSR count). The molecule has 0 aliphatic heterocycles. The molecule has 2 N–H and O–H groups in total. The highest BCUT2D eigenvalue weighted by Gasteiger charge is 2.20. The van der Waals surface area contributed by atoms with Gasteiger partial charge >= 0.3 is 0 Å². The number of likely N-dealkylation sites (N-methyl/N-ethyl adjacent to an activating group) is 1. The molecule has 0 heterocycles. The van der Waals surface area contributed by atoms with E-state index in [1.165, 1.54) is 0 Å². The van der Waals surface area contributed by atoms with E-state index in [4.69, 9.17) is 12.2 Å². The number of carbonyl (C=O) groups excluding carboxylic acids is 1. The first-order chi connectivity index (χ1) is 7.04. The zero-order valence-corrected chi connectivity index (χ0v) is 10.5. The van der Waals surface area contributed by atoms with Gasteiger partial charge in [-0.15, -0.1) is 12.3 Å². The Bertz CT molecular complexity index is 237.